The third-order valence-electron chi connectivity index (χ3n) is 2.14. The van der Waals surface area contributed by atoms with Crippen molar-refractivity contribution in [2.24, 2.45) is 5.92 Å². The number of nitrogens with zero attached hydrogens (tertiary/aromatic N) is 1. The van der Waals surface area contributed by atoms with Crippen LogP contribution in [0.4, 0.5) is 0 Å². The van der Waals surface area contributed by atoms with Gasteiger partial charge in [-0.05, 0) is 23.3 Å². The molecule has 0 N–H and O–H groups in total. The predicted molar refractivity (Wildman–Crippen MR) is 66.4 cm³/mol. The number of hydrogen-bond donors (Lipinski definition) is 0. The summed E-state index contributed by atoms with van der Waals surface area (Å²) in [5.74, 6) is 4.57. The highest BCUT2D eigenvalue weighted by Gasteiger charge is 2.19. The molecule has 0 aliphatic heterocycles. The van der Waals surface area contributed by atoms with Gasteiger partial charge in [-0.15, -0.1) is 0 Å². The van der Waals surface area contributed by atoms with Crippen LogP contribution in [0.1, 0.15) is 13.8 Å². The molecule has 0 aliphatic rings. The fourth-order valence-corrected chi connectivity index (χ4v) is 2.24. The standard InChI is InChI=1S/C11H21NS/c1-8-12(5)11(9(2)3)10(4)13(6)7/h8-9,11H,1,4,6H2,2-3,5,7H3. The Morgan fingerprint density at radius 1 is 1.46 bits per heavy atom. The van der Waals surface area contributed by atoms with Gasteiger partial charge in [0.25, 0.3) is 0 Å². The summed E-state index contributed by atoms with van der Waals surface area (Å²) in [6, 6.07) is 0.364. The molecule has 0 spiro atoms. The Hall–Kier alpha value is -0.500. The van der Waals surface area contributed by atoms with Gasteiger partial charge in [-0.1, -0.05) is 32.9 Å². The lowest BCUT2D eigenvalue weighted by atomic mass is 10.0. The van der Waals surface area contributed by atoms with Crippen LogP contribution < -0.4 is 0 Å². The Labute approximate surface area is 85.1 Å². The third kappa shape index (κ3) is 3.39. The Bertz CT molecular complexity index is 218. The Morgan fingerprint density at radius 2 is 1.92 bits per heavy atom. The average Bonchev–Trinajstić information content (AvgIpc) is 2.03. The minimum absolute atomic E-state index is 0.0330. The molecule has 0 saturated heterocycles. The highest BCUT2D eigenvalue weighted by molar-refractivity contribution is 8.16. The predicted octanol–water partition coefficient (Wildman–Crippen LogP) is 2.93. The molecule has 2 heteroatoms. The topological polar surface area (TPSA) is 3.24 Å². The summed E-state index contributed by atoms with van der Waals surface area (Å²) in [5.41, 5.74) is 0. The maximum absolute atomic E-state index is 4.11. The van der Waals surface area contributed by atoms with Gasteiger partial charge < -0.3 is 4.90 Å². The second kappa shape index (κ2) is 5.28. The normalized spacial score (nSPS) is 15.2. The number of likely N-dealkylation sites (N-methyl/N-ethyl adjacent to an activating group) is 1. The Morgan fingerprint density at radius 3 is 2.15 bits per heavy atom. The quantitative estimate of drug-likeness (QED) is 0.615. The molecule has 0 rings (SSSR count). The molecule has 0 aliphatic carbocycles. The van der Waals surface area contributed by atoms with Crippen LogP contribution in [0.25, 0.3) is 0 Å². The minimum Gasteiger partial charge on any atom is -0.373 e. The van der Waals surface area contributed by atoms with Gasteiger partial charge >= 0.3 is 0 Å². The zero-order valence-corrected chi connectivity index (χ0v) is 10.0. The smallest absolute Gasteiger partial charge is 0.0604 e. The Kier molecular flexibility index (Phi) is 5.07. The van der Waals surface area contributed by atoms with Crippen molar-refractivity contribution in [1.29, 1.82) is 0 Å². The van der Waals surface area contributed by atoms with Crippen LogP contribution in [0.2, 0.25) is 0 Å². The molecular weight excluding hydrogens is 178 g/mol. The van der Waals surface area contributed by atoms with E-state index in [1.807, 2.05) is 13.2 Å². The fourth-order valence-electron chi connectivity index (χ4n) is 1.39. The number of hydrogen-bond acceptors (Lipinski definition) is 1. The maximum Gasteiger partial charge on any atom is 0.0604 e. The van der Waals surface area contributed by atoms with Crippen LogP contribution in [-0.4, -0.2) is 30.1 Å². The summed E-state index contributed by atoms with van der Waals surface area (Å²) in [6.07, 6.45) is 3.96. The zero-order valence-electron chi connectivity index (χ0n) is 9.21. The molecule has 1 nitrogen and oxygen atoms in total. The summed E-state index contributed by atoms with van der Waals surface area (Å²) in [4.78, 5) is 3.32. The monoisotopic (exact) mass is 199 g/mol. The van der Waals surface area contributed by atoms with Crippen molar-refractivity contribution < 1.29 is 0 Å². The highest BCUT2D eigenvalue weighted by atomic mass is 32.2. The molecule has 0 heterocycles. The summed E-state index contributed by atoms with van der Waals surface area (Å²) >= 11 is 0. The van der Waals surface area contributed by atoms with Crippen molar-refractivity contribution in [3.05, 3.63) is 24.3 Å². The van der Waals surface area contributed by atoms with Gasteiger partial charge in [0.15, 0.2) is 0 Å². The molecule has 0 fully saturated rings. The first-order valence-electron chi connectivity index (χ1n) is 4.40. The lowest BCUT2D eigenvalue weighted by Crippen LogP contribution is -2.32. The molecular formula is C11H21NS. The molecule has 0 bridgehead atoms. The summed E-state index contributed by atoms with van der Waals surface area (Å²) < 4.78 is 0. The van der Waals surface area contributed by atoms with E-state index < -0.39 is 0 Å². The van der Waals surface area contributed by atoms with Crippen molar-refractivity contribution in [2.45, 2.75) is 19.9 Å². The van der Waals surface area contributed by atoms with Crippen molar-refractivity contribution in [1.82, 2.24) is 4.90 Å². The van der Waals surface area contributed by atoms with Crippen LogP contribution in [0.15, 0.2) is 24.3 Å². The molecule has 0 saturated carbocycles. The fraction of sp³-hybridized carbons (Fsp3) is 0.545. The molecule has 2 unspecified atom stereocenters. The first kappa shape index (κ1) is 12.5. The second-order valence-electron chi connectivity index (χ2n) is 3.64. The molecule has 76 valence electrons. The number of rotatable bonds is 5. The Balaban J connectivity index is 4.70. The first-order valence-corrected chi connectivity index (χ1v) is 6.21. The van der Waals surface area contributed by atoms with Crippen molar-refractivity contribution in [3.8, 4) is 0 Å². The van der Waals surface area contributed by atoms with E-state index in [0.29, 0.717) is 12.0 Å². The molecule has 2 atom stereocenters. The van der Waals surface area contributed by atoms with Gasteiger partial charge in [-0.3, -0.25) is 0 Å². The SMILES string of the molecule is C=CN(C)C(C(=C)S(=C)C)C(C)C. The van der Waals surface area contributed by atoms with Crippen LogP contribution in [-0.2, 0) is 0 Å². The van der Waals surface area contributed by atoms with E-state index in [2.05, 4.69) is 44.0 Å². The van der Waals surface area contributed by atoms with E-state index in [1.54, 1.807) is 0 Å². The van der Waals surface area contributed by atoms with Gasteiger partial charge in [-0.25, -0.2) is 0 Å². The van der Waals surface area contributed by atoms with Crippen LogP contribution >= 0.6 is 10.5 Å². The lowest BCUT2D eigenvalue weighted by molar-refractivity contribution is 0.308. The molecule has 0 radical (unpaired) electrons. The molecule has 0 aromatic heterocycles. The van der Waals surface area contributed by atoms with E-state index in [9.17, 15) is 0 Å². The molecule has 13 heavy (non-hydrogen) atoms. The lowest BCUT2D eigenvalue weighted by Gasteiger charge is -2.32. The van der Waals surface area contributed by atoms with E-state index in [4.69, 9.17) is 0 Å². The highest BCUT2D eigenvalue weighted by Crippen LogP contribution is 2.28. The summed E-state index contributed by atoms with van der Waals surface area (Å²) in [7, 11) is 2.07. The maximum atomic E-state index is 4.11. The van der Waals surface area contributed by atoms with Gasteiger partial charge in [0.1, 0.15) is 0 Å². The first-order chi connectivity index (χ1) is 5.91. The van der Waals surface area contributed by atoms with E-state index >= 15 is 0 Å². The van der Waals surface area contributed by atoms with E-state index in [-0.39, 0.29) is 10.5 Å². The third-order valence-corrected chi connectivity index (χ3v) is 3.27. The van der Waals surface area contributed by atoms with Gasteiger partial charge in [0.05, 0.1) is 6.04 Å². The summed E-state index contributed by atoms with van der Waals surface area (Å²) in [6.45, 7) is 12.3. The van der Waals surface area contributed by atoms with Gasteiger partial charge in [-0.2, -0.15) is 10.5 Å². The van der Waals surface area contributed by atoms with Crippen LogP contribution in [0, 0.1) is 5.92 Å². The van der Waals surface area contributed by atoms with Crippen LogP contribution in [0.3, 0.4) is 0 Å². The molecule has 0 aromatic carbocycles. The van der Waals surface area contributed by atoms with E-state index in [1.165, 1.54) is 4.91 Å². The van der Waals surface area contributed by atoms with Crippen LogP contribution in [0.5, 0.6) is 0 Å². The largest absolute Gasteiger partial charge is 0.373 e. The molecule has 0 aromatic rings. The zero-order chi connectivity index (χ0) is 10.6. The van der Waals surface area contributed by atoms with Gasteiger partial charge in [0, 0.05) is 7.05 Å². The van der Waals surface area contributed by atoms with Crippen molar-refractivity contribution >= 4 is 16.4 Å². The molecule has 0 amide bonds. The van der Waals surface area contributed by atoms with Crippen molar-refractivity contribution in [3.63, 3.8) is 0 Å². The van der Waals surface area contributed by atoms with Crippen molar-refractivity contribution in [2.75, 3.05) is 13.3 Å². The summed E-state index contributed by atoms with van der Waals surface area (Å²) in [5, 5.41) is 0. The second-order valence-corrected chi connectivity index (χ2v) is 5.44. The van der Waals surface area contributed by atoms with Gasteiger partial charge in [0.2, 0.25) is 0 Å². The minimum atomic E-state index is 0.0330. The van der Waals surface area contributed by atoms with E-state index in [0.717, 1.165) is 0 Å². The average molecular weight is 199 g/mol.